The molecule has 1 aromatic rings. The summed E-state index contributed by atoms with van der Waals surface area (Å²) in [4.78, 5) is 23.6. The molecule has 0 radical (unpaired) electrons. The molecule has 2 aliphatic heterocycles. The van der Waals surface area contributed by atoms with Gasteiger partial charge in [-0.15, -0.1) is 0 Å². The van der Waals surface area contributed by atoms with Gasteiger partial charge in [0.2, 0.25) is 5.91 Å². The van der Waals surface area contributed by atoms with Crippen LogP contribution in [-0.2, 0) is 4.79 Å². The zero-order valence-electron chi connectivity index (χ0n) is 16.9. The van der Waals surface area contributed by atoms with Gasteiger partial charge in [0.1, 0.15) is 12.4 Å². The smallest absolute Gasteiger partial charge is 0.315 e. The van der Waals surface area contributed by atoms with Crippen LogP contribution in [-0.4, -0.2) is 47.7 Å². The van der Waals surface area contributed by atoms with E-state index < -0.39 is 0 Å². The van der Waals surface area contributed by atoms with Crippen molar-refractivity contribution in [3.63, 3.8) is 0 Å². The summed E-state index contributed by atoms with van der Waals surface area (Å²) in [5.74, 6) is 1.96. The maximum absolute atomic E-state index is 12.2. The van der Waals surface area contributed by atoms with E-state index >= 15 is 0 Å². The Morgan fingerprint density at radius 2 is 2.04 bits per heavy atom. The quantitative estimate of drug-likeness (QED) is 0.436. The fraction of sp³-hybridized carbons (Fsp3) is 0.619. The van der Waals surface area contributed by atoms with Gasteiger partial charge in [-0.25, -0.2) is 4.79 Å². The number of thioether (sulfide) groups is 1. The van der Waals surface area contributed by atoms with Crippen molar-refractivity contribution in [2.45, 2.75) is 69.8 Å². The Labute approximate surface area is 171 Å². The summed E-state index contributed by atoms with van der Waals surface area (Å²) in [5.41, 5.74) is 2.22. The van der Waals surface area contributed by atoms with Crippen molar-refractivity contribution in [3.05, 3.63) is 29.3 Å². The lowest BCUT2D eigenvalue weighted by atomic mass is 10.0. The second-order valence-corrected chi connectivity index (χ2v) is 9.14. The van der Waals surface area contributed by atoms with E-state index in [4.69, 9.17) is 4.74 Å². The van der Waals surface area contributed by atoms with Crippen LogP contribution in [0.15, 0.2) is 18.2 Å². The van der Waals surface area contributed by atoms with Crippen LogP contribution >= 0.6 is 11.8 Å². The maximum Gasteiger partial charge on any atom is 0.315 e. The van der Waals surface area contributed by atoms with Gasteiger partial charge in [-0.2, -0.15) is 11.8 Å². The molecule has 7 heteroatoms. The number of para-hydroxylation sites is 1. The number of carbonyl (C=O) groups is 2. The van der Waals surface area contributed by atoms with Crippen LogP contribution in [0, 0.1) is 13.8 Å². The van der Waals surface area contributed by atoms with Crippen LogP contribution in [0.25, 0.3) is 0 Å². The zero-order chi connectivity index (χ0) is 20.1. The number of unbranched alkanes of at least 4 members (excludes halogenated alkanes) is 1. The van der Waals surface area contributed by atoms with E-state index in [1.165, 1.54) is 0 Å². The molecule has 3 amide bonds. The highest BCUT2D eigenvalue weighted by Gasteiger charge is 2.42. The predicted octanol–water partition coefficient (Wildman–Crippen LogP) is 2.91. The molecule has 4 unspecified atom stereocenters. The molecule has 0 aromatic heterocycles. The van der Waals surface area contributed by atoms with Gasteiger partial charge >= 0.3 is 6.03 Å². The van der Waals surface area contributed by atoms with Crippen LogP contribution in [0.4, 0.5) is 4.79 Å². The van der Waals surface area contributed by atoms with Crippen LogP contribution < -0.4 is 20.7 Å². The van der Waals surface area contributed by atoms with Gasteiger partial charge in [-0.1, -0.05) is 24.6 Å². The second kappa shape index (κ2) is 9.54. The van der Waals surface area contributed by atoms with Gasteiger partial charge in [0, 0.05) is 17.4 Å². The third-order valence-electron chi connectivity index (χ3n) is 5.37. The third kappa shape index (κ3) is 5.34. The van der Waals surface area contributed by atoms with Gasteiger partial charge in [-0.05, 0) is 44.7 Å². The third-order valence-corrected chi connectivity index (χ3v) is 6.88. The Hall–Kier alpha value is -1.89. The first-order valence-electron chi connectivity index (χ1n) is 10.1. The van der Waals surface area contributed by atoms with E-state index in [9.17, 15) is 9.59 Å². The molecule has 2 aliphatic rings. The summed E-state index contributed by atoms with van der Waals surface area (Å²) in [6, 6.07) is 6.52. The lowest BCUT2D eigenvalue weighted by Crippen LogP contribution is -2.37. The zero-order valence-corrected chi connectivity index (χ0v) is 17.7. The van der Waals surface area contributed by atoms with E-state index in [1.807, 2.05) is 50.7 Å². The predicted molar refractivity (Wildman–Crippen MR) is 113 cm³/mol. The second-order valence-electron chi connectivity index (χ2n) is 7.87. The summed E-state index contributed by atoms with van der Waals surface area (Å²) in [6.07, 6.45) is 3.43. The van der Waals surface area contributed by atoms with E-state index in [1.54, 1.807) is 0 Å². The number of fused-ring (bicyclic) bond motifs is 1. The number of benzene rings is 1. The Kier molecular flexibility index (Phi) is 7.10. The van der Waals surface area contributed by atoms with E-state index in [2.05, 4.69) is 16.0 Å². The van der Waals surface area contributed by atoms with Crippen LogP contribution in [0.3, 0.4) is 0 Å². The first-order chi connectivity index (χ1) is 13.4. The lowest BCUT2D eigenvalue weighted by Gasteiger charge is -2.18. The summed E-state index contributed by atoms with van der Waals surface area (Å²) in [5, 5.41) is 9.45. The van der Waals surface area contributed by atoms with Crippen LogP contribution in [0.1, 0.15) is 43.7 Å². The van der Waals surface area contributed by atoms with Gasteiger partial charge < -0.3 is 20.7 Å². The molecular formula is C21H31N3O3S. The maximum atomic E-state index is 12.2. The molecule has 1 aromatic carbocycles. The highest BCUT2D eigenvalue weighted by atomic mass is 32.2. The van der Waals surface area contributed by atoms with Crippen LogP contribution in [0.2, 0.25) is 0 Å². The minimum absolute atomic E-state index is 0.0302. The van der Waals surface area contributed by atoms with Crippen molar-refractivity contribution >= 4 is 23.7 Å². The highest BCUT2D eigenvalue weighted by Crippen LogP contribution is 2.33. The van der Waals surface area contributed by atoms with Crippen molar-refractivity contribution in [3.8, 4) is 5.75 Å². The number of ether oxygens (including phenoxy) is 1. The molecular weight excluding hydrogens is 374 g/mol. The van der Waals surface area contributed by atoms with Gasteiger partial charge in [-0.3, -0.25) is 4.79 Å². The molecule has 6 nitrogen and oxygen atoms in total. The summed E-state index contributed by atoms with van der Waals surface area (Å²) in [6.45, 7) is 6.50. The van der Waals surface area contributed by atoms with Crippen LogP contribution in [0.5, 0.6) is 5.75 Å². The van der Waals surface area contributed by atoms with E-state index in [-0.39, 0.29) is 30.1 Å². The molecule has 154 valence electrons. The summed E-state index contributed by atoms with van der Waals surface area (Å²) in [7, 11) is 0. The molecule has 0 aliphatic carbocycles. The normalized spacial score (nSPS) is 24.2. The molecule has 2 heterocycles. The van der Waals surface area contributed by atoms with Crippen molar-refractivity contribution in [2.75, 3.05) is 12.4 Å². The lowest BCUT2D eigenvalue weighted by molar-refractivity contribution is -0.122. The molecule has 4 atom stereocenters. The van der Waals surface area contributed by atoms with Crippen molar-refractivity contribution < 1.29 is 14.3 Å². The Morgan fingerprint density at radius 3 is 2.79 bits per heavy atom. The molecule has 3 N–H and O–H groups in total. The number of hydrogen-bond acceptors (Lipinski definition) is 4. The first kappa shape index (κ1) is 20.8. The fourth-order valence-electron chi connectivity index (χ4n) is 3.90. The molecule has 2 fully saturated rings. The number of amides is 3. The SMILES string of the molecule is Cc1cccc(C)c1OCC(C)NC(=O)CCCCC1SCC2NC(=O)NC21. The average molecular weight is 406 g/mol. The number of urea groups is 1. The monoisotopic (exact) mass is 405 g/mol. The molecule has 2 saturated heterocycles. The minimum atomic E-state index is -0.0447. The number of nitrogens with one attached hydrogen (secondary N) is 3. The number of aryl methyl sites for hydroxylation is 2. The summed E-state index contributed by atoms with van der Waals surface area (Å²) >= 11 is 1.92. The van der Waals surface area contributed by atoms with E-state index in [0.717, 1.165) is 41.9 Å². The Balaban J connectivity index is 1.30. The number of rotatable bonds is 9. The summed E-state index contributed by atoms with van der Waals surface area (Å²) < 4.78 is 5.91. The molecule has 0 spiro atoms. The van der Waals surface area contributed by atoms with Gasteiger partial charge in [0.05, 0.1) is 18.1 Å². The molecule has 3 rings (SSSR count). The van der Waals surface area contributed by atoms with Gasteiger partial charge in [0.15, 0.2) is 0 Å². The fourth-order valence-corrected chi connectivity index (χ4v) is 5.44. The van der Waals surface area contributed by atoms with E-state index in [0.29, 0.717) is 18.3 Å². The number of hydrogen-bond donors (Lipinski definition) is 3. The molecule has 28 heavy (non-hydrogen) atoms. The first-order valence-corrected chi connectivity index (χ1v) is 11.2. The van der Waals surface area contributed by atoms with Crippen molar-refractivity contribution in [2.24, 2.45) is 0 Å². The highest BCUT2D eigenvalue weighted by molar-refractivity contribution is 8.00. The Morgan fingerprint density at radius 1 is 1.29 bits per heavy atom. The topological polar surface area (TPSA) is 79.5 Å². The molecule has 0 bridgehead atoms. The Bertz CT molecular complexity index is 692. The molecule has 0 saturated carbocycles. The average Bonchev–Trinajstić information content (AvgIpc) is 3.17. The van der Waals surface area contributed by atoms with Crippen molar-refractivity contribution in [1.29, 1.82) is 0 Å². The standard InChI is InChI=1S/C21H31N3O3S/c1-13-7-6-8-14(2)20(13)27-11-15(3)22-18(25)10-5-4-9-17-19-16(12-28-17)23-21(26)24-19/h6-8,15-17,19H,4-5,9-12H2,1-3H3,(H,22,25)(H2,23,24,26). The van der Waals surface area contributed by atoms with Gasteiger partial charge in [0.25, 0.3) is 0 Å². The number of carbonyl (C=O) groups excluding carboxylic acids is 2. The minimum Gasteiger partial charge on any atom is -0.491 e. The van der Waals surface area contributed by atoms with Crippen molar-refractivity contribution in [1.82, 2.24) is 16.0 Å². The largest absolute Gasteiger partial charge is 0.491 e.